The van der Waals surface area contributed by atoms with Gasteiger partial charge in [0, 0.05) is 0 Å². The van der Waals surface area contributed by atoms with Crippen molar-refractivity contribution in [3.63, 3.8) is 0 Å². The second-order valence-electron chi connectivity index (χ2n) is 2.23. The summed E-state index contributed by atoms with van der Waals surface area (Å²) in [7, 11) is 0. The average Bonchev–Trinajstić information content (AvgIpc) is 1.93. The second kappa shape index (κ2) is 4.72. The molecule has 0 amide bonds. The third-order valence-electron chi connectivity index (χ3n) is 1.13. The van der Waals surface area contributed by atoms with Crippen molar-refractivity contribution >= 4 is 23.9 Å². The molecular formula is C8H10ClFN2. The van der Waals surface area contributed by atoms with Crippen molar-refractivity contribution in [2.75, 3.05) is 0 Å². The molecule has 0 heterocycles. The molecule has 0 fully saturated rings. The van der Waals surface area contributed by atoms with Crippen LogP contribution in [0.4, 0.5) is 10.1 Å². The molecule has 4 heteroatoms. The normalized spacial score (nSPS) is 10.7. The maximum absolute atomic E-state index is 12.3. The number of halogens is 2. The molecule has 66 valence electrons. The number of hydrogen-bond acceptors (Lipinski definition) is 1. The molecule has 0 saturated carbocycles. The van der Waals surface area contributed by atoms with Crippen molar-refractivity contribution in [2.45, 2.75) is 6.92 Å². The molecule has 1 aromatic carbocycles. The van der Waals surface area contributed by atoms with E-state index in [1.165, 1.54) is 12.1 Å². The van der Waals surface area contributed by atoms with Crippen LogP contribution in [0.15, 0.2) is 29.3 Å². The van der Waals surface area contributed by atoms with E-state index in [0.29, 0.717) is 11.5 Å². The van der Waals surface area contributed by atoms with Gasteiger partial charge in [0.1, 0.15) is 5.82 Å². The SMILES string of the molecule is CC(N)=Nc1ccc(F)cc1.Cl. The summed E-state index contributed by atoms with van der Waals surface area (Å²) in [5.74, 6) is 0.204. The monoisotopic (exact) mass is 188 g/mol. The Bertz CT molecular complexity index is 265. The largest absolute Gasteiger partial charge is 0.387 e. The van der Waals surface area contributed by atoms with E-state index < -0.39 is 0 Å². The van der Waals surface area contributed by atoms with Crippen LogP contribution in [-0.2, 0) is 0 Å². The van der Waals surface area contributed by atoms with E-state index in [1.807, 2.05) is 0 Å². The number of nitrogens with zero attached hydrogens (tertiary/aromatic N) is 1. The number of aliphatic imine (C=N–C) groups is 1. The second-order valence-corrected chi connectivity index (χ2v) is 2.23. The zero-order valence-corrected chi connectivity index (χ0v) is 7.44. The molecule has 1 aromatic rings. The Hall–Kier alpha value is -1.09. The highest BCUT2D eigenvalue weighted by Gasteiger charge is 1.89. The Morgan fingerprint density at radius 2 is 1.83 bits per heavy atom. The first-order valence-corrected chi connectivity index (χ1v) is 3.25. The van der Waals surface area contributed by atoms with Crippen LogP contribution in [0, 0.1) is 5.82 Å². The molecule has 0 aliphatic carbocycles. The van der Waals surface area contributed by atoms with Gasteiger partial charge in [0.05, 0.1) is 11.5 Å². The van der Waals surface area contributed by atoms with E-state index >= 15 is 0 Å². The van der Waals surface area contributed by atoms with Crippen molar-refractivity contribution in [1.82, 2.24) is 0 Å². The molecule has 0 aliphatic heterocycles. The number of rotatable bonds is 1. The molecule has 1 rings (SSSR count). The van der Waals surface area contributed by atoms with Crippen molar-refractivity contribution < 1.29 is 4.39 Å². The molecule has 12 heavy (non-hydrogen) atoms. The number of benzene rings is 1. The lowest BCUT2D eigenvalue weighted by molar-refractivity contribution is 0.628. The molecule has 0 atom stereocenters. The van der Waals surface area contributed by atoms with Gasteiger partial charge in [0.15, 0.2) is 0 Å². The fraction of sp³-hybridized carbons (Fsp3) is 0.125. The summed E-state index contributed by atoms with van der Waals surface area (Å²) >= 11 is 0. The summed E-state index contributed by atoms with van der Waals surface area (Å²) in [5.41, 5.74) is 5.99. The van der Waals surface area contributed by atoms with Gasteiger partial charge in [-0.1, -0.05) is 0 Å². The van der Waals surface area contributed by atoms with Gasteiger partial charge in [-0.2, -0.15) is 0 Å². The van der Waals surface area contributed by atoms with Crippen LogP contribution in [0.1, 0.15) is 6.92 Å². The highest BCUT2D eigenvalue weighted by atomic mass is 35.5. The van der Waals surface area contributed by atoms with E-state index in [4.69, 9.17) is 5.73 Å². The fourth-order valence-corrected chi connectivity index (χ4v) is 0.719. The van der Waals surface area contributed by atoms with Gasteiger partial charge in [-0.3, -0.25) is 0 Å². The van der Waals surface area contributed by atoms with E-state index in [1.54, 1.807) is 19.1 Å². The van der Waals surface area contributed by atoms with Gasteiger partial charge < -0.3 is 5.73 Å². The predicted octanol–water partition coefficient (Wildman–Crippen LogP) is 2.26. The quantitative estimate of drug-likeness (QED) is 0.533. The number of amidine groups is 1. The molecule has 0 unspecified atom stereocenters. The van der Waals surface area contributed by atoms with Crippen LogP contribution >= 0.6 is 12.4 Å². The molecule has 2 N–H and O–H groups in total. The topological polar surface area (TPSA) is 38.4 Å². The molecule has 0 saturated heterocycles. The molecule has 0 radical (unpaired) electrons. The smallest absolute Gasteiger partial charge is 0.123 e. The van der Waals surface area contributed by atoms with Crippen molar-refractivity contribution in [2.24, 2.45) is 10.7 Å². The minimum atomic E-state index is -0.265. The predicted molar refractivity (Wildman–Crippen MR) is 50.6 cm³/mol. The van der Waals surface area contributed by atoms with Crippen molar-refractivity contribution in [3.05, 3.63) is 30.1 Å². The Balaban J connectivity index is 0.00000121. The average molecular weight is 189 g/mol. The Kier molecular flexibility index (Phi) is 4.29. The first-order chi connectivity index (χ1) is 5.18. The van der Waals surface area contributed by atoms with Crippen LogP contribution in [0.25, 0.3) is 0 Å². The maximum Gasteiger partial charge on any atom is 0.123 e. The summed E-state index contributed by atoms with van der Waals surface area (Å²) in [4.78, 5) is 3.93. The minimum absolute atomic E-state index is 0. The first kappa shape index (κ1) is 10.9. The van der Waals surface area contributed by atoms with Crippen molar-refractivity contribution in [3.8, 4) is 0 Å². The van der Waals surface area contributed by atoms with Crippen LogP contribution in [-0.4, -0.2) is 5.84 Å². The van der Waals surface area contributed by atoms with Crippen LogP contribution in [0.3, 0.4) is 0 Å². The summed E-state index contributed by atoms with van der Waals surface area (Å²) in [6.45, 7) is 1.68. The summed E-state index contributed by atoms with van der Waals surface area (Å²) in [6, 6.07) is 5.85. The van der Waals surface area contributed by atoms with Gasteiger partial charge in [-0.05, 0) is 31.2 Å². The third kappa shape index (κ3) is 3.34. The Morgan fingerprint density at radius 1 is 1.33 bits per heavy atom. The molecule has 0 bridgehead atoms. The van der Waals surface area contributed by atoms with Crippen LogP contribution in [0.5, 0.6) is 0 Å². The molecule has 0 spiro atoms. The zero-order valence-electron chi connectivity index (χ0n) is 6.62. The van der Waals surface area contributed by atoms with Crippen LogP contribution < -0.4 is 5.73 Å². The van der Waals surface area contributed by atoms with Crippen LogP contribution in [0.2, 0.25) is 0 Å². The van der Waals surface area contributed by atoms with E-state index in [0.717, 1.165) is 0 Å². The standard InChI is InChI=1S/C8H9FN2.ClH/c1-6(10)11-8-4-2-7(9)3-5-8;/h2-5H,1H3,(H2,10,11);1H. The number of hydrogen-bond donors (Lipinski definition) is 1. The number of nitrogens with two attached hydrogens (primary N) is 1. The zero-order chi connectivity index (χ0) is 8.27. The van der Waals surface area contributed by atoms with Gasteiger partial charge >= 0.3 is 0 Å². The van der Waals surface area contributed by atoms with E-state index in [9.17, 15) is 4.39 Å². The Labute approximate surface area is 76.7 Å². The van der Waals surface area contributed by atoms with Gasteiger partial charge in [-0.15, -0.1) is 12.4 Å². The summed E-state index contributed by atoms with van der Waals surface area (Å²) in [6.07, 6.45) is 0. The minimum Gasteiger partial charge on any atom is -0.387 e. The van der Waals surface area contributed by atoms with Gasteiger partial charge in [0.25, 0.3) is 0 Å². The molecular weight excluding hydrogens is 179 g/mol. The summed E-state index contributed by atoms with van der Waals surface area (Å²) in [5, 5.41) is 0. The van der Waals surface area contributed by atoms with E-state index in [-0.39, 0.29) is 18.2 Å². The molecule has 0 aliphatic rings. The maximum atomic E-state index is 12.3. The Morgan fingerprint density at radius 3 is 2.25 bits per heavy atom. The fourth-order valence-electron chi connectivity index (χ4n) is 0.719. The lowest BCUT2D eigenvalue weighted by Gasteiger charge is -1.93. The highest BCUT2D eigenvalue weighted by molar-refractivity contribution is 5.85. The van der Waals surface area contributed by atoms with Gasteiger partial charge in [-0.25, -0.2) is 9.38 Å². The third-order valence-corrected chi connectivity index (χ3v) is 1.13. The first-order valence-electron chi connectivity index (χ1n) is 3.25. The van der Waals surface area contributed by atoms with E-state index in [2.05, 4.69) is 4.99 Å². The molecule has 0 aromatic heterocycles. The molecule has 2 nitrogen and oxygen atoms in total. The van der Waals surface area contributed by atoms with Gasteiger partial charge in [0.2, 0.25) is 0 Å². The van der Waals surface area contributed by atoms with Crippen molar-refractivity contribution in [1.29, 1.82) is 0 Å². The summed E-state index contributed by atoms with van der Waals surface area (Å²) < 4.78 is 12.3. The lowest BCUT2D eigenvalue weighted by Crippen LogP contribution is -2.03. The highest BCUT2D eigenvalue weighted by Crippen LogP contribution is 2.11. The lowest BCUT2D eigenvalue weighted by atomic mass is 10.3.